The quantitative estimate of drug-likeness (QED) is 0.799. The number of ether oxygens (including phenoxy) is 2. The van der Waals surface area contributed by atoms with Crippen molar-refractivity contribution in [1.29, 1.82) is 0 Å². The maximum atomic E-state index is 5.59. The zero-order valence-electron chi connectivity index (χ0n) is 11.7. The molecule has 6 nitrogen and oxygen atoms in total. The van der Waals surface area contributed by atoms with Gasteiger partial charge in [0, 0.05) is 17.7 Å². The molecule has 3 aromatic rings. The molecule has 110 valence electrons. The molecule has 0 atom stereocenters. The summed E-state index contributed by atoms with van der Waals surface area (Å²) in [7, 11) is 0. The molecule has 0 saturated heterocycles. The summed E-state index contributed by atoms with van der Waals surface area (Å²) in [5, 5.41) is 4.02. The van der Waals surface area contributed by atoms with E-state index in [4.69, 9.17) is 19.7 Å². The van der Waals surface area contributed by atoms with Gasteiger partial charge in [-0.2, -0.15) is 4.98 Å². The topological polar surface area (TPSA) is 83.4 Å². The van der Waals surface area contributed by atoms with Gasteiger partial charge in [-0.15, -0.1) is 0 Å². The summed E-state index contributed by atoms with van der Waals surface area (Å²) in [5.41, 5.74) is 8.32. The van der Waals surface area contributed by atoms with Crippen LogP contribution in [0.4, 0.5) is 0 Å². The highest BCUT2D eigenvalue weighted by molar-refractivity contribution is 5.63. The average molecular weight is 295 g/mol. The SMILES string of the molecule is NCc1ccc(-c2nc(-c3ccc4c(c3)OCO4)no2)cc1. The van der Waals surface area contributed by atoms with Crippen molar-refractivity contribution in [3.05, 3.63) is 48.0 Å². The molecule has 1 aliphatic rings. The van der Waals surface area contributed by atoms with E-state index in [1.807, 2.05) is 42.5 Å². The van der Waals surface area contributed by atoms with Gasteiger partial charge in [0.25, 0.3) is 5.89 Å². The Morgan fingerprint density at radius 3 is 2.55 bits per heavy atom. The Bertz CT molecular complexity index is 812. The summed E-state index contributed by atoms with van der Waals surface area (Å²) in [6.07, 6.45) is 0. The number of hydrogen-bond acceptors (Lipinski definition) is 6. The first-order valence-electron chi connectivity index (χ1n) is 6.86. The van der Waals surface area contributed by atoms with E-state index >= 15 is 0 Å². The number of fused-ring (bicyclic) bond motifs is 1. The lowest BCUT2D eigenvalue weighted by molar-refractivity contribution is 0.174. The third-order valence-corrected chi connectivity index (χ3v) is 3.49. The Balaban J connectivity index is 1.65. The van der Waals surface area contributed by atoms with Crippen molar-refractivity contribution in [2.75, 3.05) is 6.79 Å². The van der Waals surface area contributed by atoms with E-state index in [0.717, 1.165) is 22.4 Å². The highest BCUT2D eigenvalue weighted by Crippen LogP contribution is 2.35. The van der Waals surface area contributed by atoms with Crippen molar-refractivity contribution >= 4 is 0 Å². The normalized spacial score (nSPS) is 12.6. The molecule has 0 saturated carbocycles. The molecular weight excluding hydrogens is 282 g/mol. The van der Waals surface area contributed by atoms with E-state index < -0.39 is 0 Å². The average Bonchev–Trinajstić information content (AvgIpc) is 3.23. The molecule has 6 heteroatoms. The smallest absolute Gasteiger partial charge is 0.258 e. The maximum absolute atomic E-state index is 5.59. The van der Waals surface area contributed by atoms with Crippen LogP contribution in [0.2, 0.25) is 0 Å². The van der Waals surface area contributed by atoms with Crippen LogP contribution in [0.1, 0.15) is 5.56 Å². The Kier molecular flexibility index (Phi) is 3.01. The van der Waals surface area contributed by atoms with Crippen LogP contribution in [-0.2, 0) is 6.54 Å². The minimum Gasteiger partial charge on any atom is -0.454 e. The van der Waals surface area contributed by atoms with Crippen LogP contribution in [0.5, 0.6) is 11.5 Å². The van der Waals surface area contributed by atoms with Gasteiger partial charge in [0.2, 0.25) is 12.6 Å². The van der Waals surface area contributed by atoms with Crippen molar-refractivity contribution in [3.8, 4) is 34.3 Å². The van der Waals surface area contributed by atoms with E-state index in [1.165, 1.54) is 0 Å². The highest BCUT2D eigenvalue weighted by Gasteiger charge is 2.17. The van der Waals surface area contributed by atoms with Gasteiger partial charge in [0.1, 0.15) is 0 Å². The summed E-state index contributed by atoms with van der Waals surface area (Å²) < 4.78 is 16.0. The molecule has 2 aromatic carbocycles. The lowest BCUT2D eigenvalue weighted by Gasteiger charge is -1.98. The first kappa shape index (κ1) is 12.8. The Labute approximate surface area is 126 Å². The standard InChI is InChI=1S/C16H13N3O3/c17-8-10-1-3-11(4-2-10)16-18-15(19-22-16)12-5-6-13-14(7-12)21-9-20-13/h1-7H,8-9,17H2. The first-order valence-corrected chi connectivity index (χ1v) is 6.86. The number of aromatic nitrogens is 2. The Hall–Kier alpha value is -2.86. The van der Waals surface area contributed by atoms with E-state index in [0.29, 0.717) is 24.0 Å². The van der Waals surface area contributed by atoms with Crippen LogP contribution >= 0.6 is 0 Å². The molecule has 0 spiro atoms. The van der Waals surface area contributed by atoms with Gasteiger partial charge in [0.15, 0.2) is 11.5 Å². The van der Waals surface area contributed by atoms with Crippen molar-refractivity contribution in [1.82, 2.24) is 10.1 Å². The fourth-order valence-electron chi connectivity index (χ4n) is 2.28. The number of nitrogens with two attached hydrogens (primary N) is 1. The summed E-state index contributed by atoms with van der Waals surface area (Å²) in [5.74, 6) is 2.40. The summed E-state index contributed by atoms with van der Waals surface area (Å²) in [4.78, 5) is 4.43. The molecule has 0 bridgehead atoms. The van der Waals surface area contributed by atoms with Gasteiger partial charge in [-0.25, -0.2) is 0 Å². The van der Waals surface area contributed by atoms with E-state index in [9.17, 15) is 0 Å². The fourth-order valence-corrected chi connectivity index (χ4v) is 2.28. The third kappa shape index (κ3) is 2.19. The zero-order chi connectivity index (χ0) is 14.9. The Morgan fingerprint density at radius 2 is 1.73 bits per heavy atom. The van der Waals surface area contributed by atoms with Gasteiger partial charge in [-0.1, -0.05) is 17.3 Å². The predicted molar refractivity (Wildman–Crippen MR) is 79.2 cm³/mol. The van der Waals surface area contributed by atoms with Gasteiger partial charge >= 0.3 is 0 Å². The number of benzene rings is 2. The molecule has 22 heavy (non-hydrogen) atoms. The van der Waals surface area contributed by atoms with Crippen LogP contribution < -0.4 is 15.2 Å². The summed E-state index contributed by atoms with van der Waals surface area (Å²) in [6, 6.07) is 13.3. The van der Waals surface area contributed by atoms with Crippen LogP contribution in [-0.4, -0.2) is 16.9 Å². The molecule has 0 fully saturated rings. The van der Waals surface area contributed by atoms with Crippen molar-refractivity contribution < 1.29 is 14.0 Å². The second-order valence-corrected chi connectivity index (χ2v) is 4.89. The molecule has 0 radical (unpaired) electrons. The van der Waals surface area contributed by atoms with Gasteiger partial charge in [0.05, 0.1) is 0 Å². The number of hydrogen-bond donors (Lipinski definition) is 1. The second kappa shape index (κ2) is 5.16. The van der Waals surface area contributed by atoms with Crippen molar-refractivity contribution in [3.63, 3.8) is 0 Å². The zero-order valence-corrected chi connectivity index (χ0v) is 11.7. The third-order valence-electron chi connectivity index (χ3n) is 3.49. The van der Waals surface area contributed by atoms with Gasteiger partial charge < -0.3 is 19.7 Å². The number of nitrogens with zero attached hydrogens (tertiary/aromatic N) is 2. The molecule has 4 rings (SSSR count). The minimum atomic E-state index is 0.240. The van der Waals surface area contributed by atoms with Crippen LogP contribution in [0.3, 0.4) is 0 Å². The molecule has 0 unspecified atom stereocenters. The molecule has 1 aliphatic heterocycles. The monoisotopic (exact) mass is 295 g/mol. The first-order chi connectivity index (χ1) is 10.8. The van der Waals surface area contributed by atoms with Gasteiger partial charge in [-0.05, 0) is 35.9 Å². The molecular formula is C16H13N3O3. The van der Waals surface area contributed by atoms with E-state index in [1.54, 1.807) is 0 Å². The molecule has 2 N–H and O–H groups in total. The Morgan fingerprint density at radius 1 is 0.955 bits per heavy atom. The predicted octanol–water partition coefficient (Wildman–Crippen LogP) is 2.59. The summed E-state index contributed by atoms with van der Waals surface area (Å²) in [6.45, 7) is 0.746. The lowest BCUT2D eigenvalue weighted by atomic mass is 10.1. The number of rotatable bonds is 3. The second-order valence-electron chi connectivity index (χ2n) is 4.89. The van der Waals surface area contributed by atoms with Crippen molar-refractivity contribution in [2.24, 2.45) is 5.73 Å². The molecule has 0 amide bonds. The van der Waals surface area contributed by atoms with Crippen LogP contribution in [0.25, 0.3) is 22.8 Å². The molecule has 2 heterocycles. The van der Waals surface area contributed by atoms with Crippen LogP contribution in [0.15, 0.2) is 47.0 Å². The maximum Gasteiger partial charge on any atom is 0.258 e. The highest BCUT2D eigenvalue weighted by atomic mass is 16.7. The lowest BCUT2D eigenvalue weighted by Crippen LogP contribution is -1.95. The van der Waals surface area contributed by atoms with E-state index in [-0.39, 0.29) is 6.79 Å². The molecule has 0 aliphatic carbocycles. The fraction of sp³-hybridized carbons (Fsp3) is 0.125. The van der Waals surface area contributed by atoms with Crippen molar-refractivity contribution in [2.45, 2.75) is 6.54 Å². The molecule has 1 aromatic heterocycles. The van der Waals surface area contributed by atoms with Gasteiger partial charge in [-0.3, -0.25) is 0 Å². The van der Waals surface area contributed by atoms with Crippen LogP contribution in [0, 0.1) is 0 Å². The summed E-state index contributed by atoms with van der Waals surface area (Å²) >= 11 is 0. The minimum absolute atomic E-state index is 0.240. The van der Waals surface area contributed by atoms with E-state index in [2.05, 4.69) is 10.1 Å². The largest absolute Gasteiger partial charge is 0.454 e.